The fourth-order valence-electron chi connectivity index (χ4n) is 4.68. The van der Waals surface area contributed by atoms with Gasteiger partial charge in [0, 0.05) is 37.0 Å². The van der Waals surface area contributed by atoms with Crippen LogP contribution in [0.2, 0.25) is 0 Å². The first kappa shape index (κ1) is 27.8. The lowest BCUT2D eigenvalue weighted by atomic mass is 10.0. The Morgan fingerprint density at radius 1 is 1.05 bits per heavy atom. The van der Waals surface area contributed by atoms with E-state index in [1.165, 1.54) is 34.9 Å². The SMILES string of the molecule is CN=C1CCc2cn(-c3ccc(F)c(NC(=O)Nc4cn(C(C)(C)C)nc4-c4cccc(F)c4)c3)c(=O)c(C)c2N1. The molecule has 0 atom stereocenters. The molecule has 11 heteroatoms. The number of aromatic nitrogens is 3. The number of amides is 2. The molecule has 0 spiro atoms. The molecule has 0 bridgehead atoms. The van der Waals surface area contributed by atoms with Crippen LogP contribution in [0.3, 0.4) is 0 Å². The number of carbonyl (C=O) groups is 1. The summed E-state index contributed by atoms with van der Waals surface area (Å²) < 4.78 is 31.9. The molecule has 0 saturated carbocycles. The third-order valence-corrected chi connectivity index (χ3v) is 6.92. The Bertz CT molecular complexity index is 1750. The van der Waals surface area contributed by atoms with E-state index in [0.717, 1.165) is 17.1 Å². The van der Waals surface area contributed by atoms with Crippen molar-refractivity contribution in [2.75, 3.05) is 23.0 Å². The van der Waals surface area contributed by atoms with E-state index in [1.54, 1.807) is 43.2 Å². The number of aliphatic imine (C=N–C) groups is 1. The van der Waals surface area contributed by atoms with Gasteiger partial charge in [0.1, 0.15) is 23.2 Å². The number of amidine groups is 1. The lowest BCUT2D eigenvalue weighted by Gasteiger charge is -2.23. The number of anilines is 3. The van der Waals surface area contributed by atoms with Crippen molar-refractivity contribution in [3.63, 3.8) is 0 Å². The zero-order valence-electron chi connectivity index (χ0n) is 23.5. The largest absolute Gasteiger partial charge is 0.343 e. The Kier molecular flexibility index (Phi) is 7.20. The summed E-state index contributed by atoms with van der Waals surface area (Å²) in [6, 6.07) is 9.25. The van der Waals surface area contributed by atoms with Crippen LogP contribution in [0, 0.1) is 18.6 Å². The molecule has 5 rings (SSSR count). The summed E-state index contributed by atoms with van der Waals surface area (Å²) >= 11 is 0. The van der Waals surface area contributed by atoms with Gasteiger partial charge >= 0.3 is 6.03 Å². The van der Waals surface area contributed by atoms with E-state index < -0.39 is 23.2 Å². The van der Waals surface area contributed by atoms with Crippen LogP contribution in [0.1, 0.15) is 38.3 Å². The number of hydrogen-bond acceptors (Lipinski definition) is 4. The van der Waals surface area contributed by atoms with Crippen molar-refractivity contribution in [1.82, 2.24) is 14.3 Å². The molecular weight excluding hydrogens is 528 g/mol. The van der Waals surface area contributed by atoms with Crippen molar-refractivity contribution < 1.29 is 13.6 Å². The van der Waals surface area contributed by atoms with Gasteiger partial charge in [0.25, 0.3) is 5.56 Å². The third kappa shape index (κ3) is 5.60. The molecule has 0 unspecified atom stereocenters. The van der Waals surface area contributed by atoms with Gasteiger partial charge in [0.05, 0.1) is 28.3 Å². The lowest BCUT2D eigenvalue weighted by Crippen LogP contribution is -2.28. The summed E-state index contributed by atoms with van der Waals surface area (Å²) in [5.41, 5.74) is 2.95. The van der Waals surface area contributed by atoms with Crippen LogP contribution < -0.4 is 21.5 Å². The topological polar surface area (TPSA) is 105 Å². The van der Waals surface area contributed by atoms with Crippen LogP contribution in [0.4, 0.5) is 30.6 Å². The standard InChI is InChI=1S/C30H31F2N7O2/c1-17-26-19(9-12-25(33-5)36-26)15-38(28(17)40)21-10-11-22(32)23(14-21)34-29(41)35-24-16-39(30(2,3)4)37-27(24)18-7-6-8-20(31)13-18/h6-8,10-11,13-16H,9,12H2,1-5H3,(H,33,36)(H2,34,35,41). The quantitative estimate of drug-likeness (QED) is 0.282. The summed E-state index contributed by atoms with van der Waals surface area (Å²) in [6.07, 6.45) is 4.78. The van der Waals surface area contributed by atoms with Crippen molar-refractivity contribution in [2.45, 2.75) is 46.1 Å². The molecule has 0 saturated heterocycles. The molecule has 0 radical (unpaired) electrons. The maximum absolute atomic E-state index is 14.9. The number of fused-ring (bicyclic) bond motifs is 1. The number of nitrogens with one attached hydrogen (secondary N) is 3. The minimum Gasteiger partial charge on any atom is -0.343 e. The van der Waals surface area contributed by atoms with Crippen LogP contribution in [0.15, 0.2) is 64.6 Å². The van der Waals surface area contributed by atoms with Gasteiger partial charge in [-0.1, -0.05) is 12.1 Å². The Morgan fingerprint density at radius 2 is 1.80 bits per heavy atom. The van der Waals surface area contributed by atoms with Gasteiger partial charge in [-0.2, -0.15) is 5.10 Å². The van der Waals surface area contributed by atoms with E-state index in [9.17, 15) is 18.4 Å². The minimum atomic E-state index is -0.725. The molecular formula is C30H31F2N7O2. The zero-order valence-corrected chi connectivity index (χ0v) is 23.5. The fourth-order valence-corrected chi connectivity index (χ4v) is 4.68. The zero-order chi connectivity index (χ0) is 29.5. The number of aryl methyl sites for hydroxylation is 1. The van der Waals surface area contributed by atoms with Gasteiger partial charge in [-0.15, -0.1) is 0 Å². The molecule has 2 aromatic carbocycles. The first-order chi connectivity index (χ1) is 19.4. The molecule has 41 heavy (non-hydrogen) atoms. The molecule has 2 aromatic heterocycles. The minimum absolute atomic E-state index is 0.115. The molecule has 3 N–H and O–H groups in total. The summed E-state index contributed by atoms with van der Waals surface area (Å²) in [4.78, 5) is 30.5. The van der Waals surface area contributed by atoms with E-state index in [-0.39, 0.29) is 11.2 Å². The number of benzene rings is 2. The average molecular weight is 560 g/mol. The maximum Gasteiger partial charge on any atom is 0.323 e. The van der Waals surface area contributed by atoms with E-state index in [4.69, 9.17) is 0 Å². The highest BCUT2D eigenvalue weighted by Gasteiger charge is 2.22. The van der Waals surface area contributed by atoms with Gasteiger partial charge in [0.15, 0.2) is 0 Å². The first-order valence-corrected chi connectivity index (χ1v) is 13.2. The second kappa shape index (κ2) is 10.6. The molecule has 212 valence electrons. The number of pyridine rings is 1. The smallest absolute Gasteiger partial charge is 0.323 e. The first-order valence-electron chi connectivity index (χ1n) is 13.2. The van der Waals surface area contributed by atoms with Gasteiger partial charge in [-0.05, 0) is 70.0 Å². The monoisotopic (exact) mass is 559 g/mol. The normalized spacial score (nSPS) is 14.0. The Labute approximate surface area is 235 Å². The highest BCUT2D eigenvalue weighted by Crippen LogP contribution is 2.30. The summed E-state index contributed by atoms with van der Waals surface area (Å²) in [5.74, 6) is -0.303. The number of hydrogen-bond donors (Lipinski definition) is 3. The molecule has 3 heterocycles. The highest BCUT2D eigenvalue weighted by atomic mass is 19.1. The van der Waals surface area contributed by atoms with E-state index in [2.05, 4.69) is 26.0 Å². The number of nitrogens with zero attached hydrogens (tertiary/aromatic N) is 4. The molecule has 2 amide bonds. The van der Waals surface area contributed by atoms with Crippen molar-refractivity contribution in [2.24, 2.45) is 4.99 Å². The molecule has 1 aliphatic heterocycles. The van der Waals surface area contributed by atoms with E-state index in [0.29, 0.717) is 41.0 Å². The Hall–Kier alpha value is -4.80. The van der Waals surface area contributed by atoms with Gasteiger partial charge < -0.3 is 16.0 Å². The average Bonchev–Trinajstić information content (AvgIpc) is 3.36. The second-order valence-electron chi connectivity index (χ2n) is 10.9. The Morgan fingerprint density at radius 3 is 2.51 bits per heavy atom. The van der Waals surface area contributed by atoms with E-state index in [1.807, 2.05) is 20.8 Å². The van der Waals surface area contributed by atoms with Crippen LogP contribution >= 0.6 is 0 Å². The summed E-state index contributed by atoms with van der Waals surface area (Å²) in [6.45, 7) is 7.55. The lowest BCUT2D eigenvalue weighted by molar-refractivity contribution is 0.262. The van der Waals surface area contributed by atoms with Gasteiger partial charge in [0.2, 0.25) is 0 Å². The van der Waals surface area contributed by atoms with Crippen molar-refractivity contribution in [1.29, 1.82) is 0 Å². The molecule has 4 aromatic rings. The van der Waals surface area contributed by atoms with Crippen molar-refractivity contribution in [3.05, 3.63) is 88.0 Å². The van der Waals surface area contributed by atoms with Crippen LogP contribution in [0.5, 0.6) is 0 Å². The molecule has 9 nitrogen and oxygen atoms in total. The summed E-state index contributed by atoms with van der Waals surface area (Å²) in [5, 5.41) is 13.0. The summed E-state index contributed by atoms with van der Waals surface area (Å²) in [7, 11) is 1.70. The van der Waals surface area contributed by atoms with Crippen LogP contribution in [-0.4, -0.2) is 33.3 Å². The molecule has 0 aliphatic carbocycles. The number of urea groups is 1. The van der Waals surface area contributed by atoms with E-state index >= 15 is 0 Å². The predicted octanol–water partition coefficient (Wildman–Crippen LogP) is 6.07. The highest BCUT2D eigenvalue weighted by molar-refractivity contribution is 6.02. The molecule has 1 aliphatic rings. The van der Waals surface area contributed by atoms with Crippen LogP contribution in [0.25, 0.3) is 16.9 Å². The van der Waals surface area contributed by atoms with Crippen molar-refractivity contribution in [3.8, 4) is 16.9 Å². The number of halogens is 2. The number of carbonyl (C=O) groups excluding carboxylic acids is 1. The number of rotatable bonds is 4. The Balaban J connectivity index is 1.44. The van der Waals surface area contributed by atoms with Gasteiger partial charge in [-0.25, -0.2) is 13.6 Å². The van der Waals surface area contributed by atoms with Crippen molar-refractivity contribution >= 4 is 28.9 Å². The predicted molar refractivity (Wildman–Crippen MR) is 157 cm³/mol. The third-order valence-electron chi connectivity index (χ3n) is 6.92. The second-order valence-corrected chi connectivity index (χ2v) is 10.9. The van der Waals surface area contributed by atoms with Gasteiger partial charge in [-0.3, -0.25) is 19.0 Å². The maximum atomic E-state index is 14.9. The fraction of sp³-hybridized carbons (Fsp3) is 0.267. The molecule has 0 fully saturated rings. The van der Waals surface area contributed by atoms with Crippen LogP contribution in [-0.2, 0) is 12.0 Å².